The molecule has 2 rings (SSSR count). The van der Waals surface area contributed by atoms with Gasteiger partial charge >= 0.3 is 0 Å². The van der Waals surface area contributed by atoms with E-state index in [1.165, 1.54) is 0 Å². The molecule has 0 fully saturated rings. The van der Waals surface area contributed by atoms with E-state index < -0.39 is 0 Å². The van der Waals surface area contributed by atoms with Gasteiger partial charge in [0.05, 0.1) is 0 Å². The van der Waals surface area contributed by atoms with Gasteiger partial charge < -0.3 is 10.1 Å². The zero-order chi connectivity index (χ0) is 14.4. The largest absolute Gasteiger partial charge is 0.374 e. The Labute approximate surface area is 131 Å². The molecule has 0 spiro atoms. The monoisotopic (exact) mass is 355 g/mol. The molecule has 0 aliphatic carbocycles. The van der Waals surface area contributed by atoms with Crippen molar-refractivity contribution in [3.63, 3.8) is 0 Å². The zero-order valence-electron chi connectivity index (χ0n) is 11.1. The van der Waals surface area contributed by atoms with E-state index in [0.29, 0.717) is 36.6 Å². The summed E-state index contributed by atoms with van der Waals surface area (Å²) in [7, 11) is 0. The van der Waals surface area contributed by atoms with E-state index in [-0.39, 0.29) is 0 Å². The van der Waals surface area contributed by atoms with Gasteiger partial charge in [-0.15, -0.1) is 0 Å². The molecular formula is C14H15BrClN3O. The van der Waals surface area contributed by atoms with E-state index >= 15 is 0 Å². The molecule has 0 bridgehead atoms. The van der Waals surface area contributed by atoms with Gasteiger partial charge in [0.15, 0.2) is 5.82 Å². The maximum absolute atomic E-state index is 5.99. The topological polar surface area (TPSA) is 47.0 Å². The first kappa shape index (κ1) is 15.2. The van der Waals surface area contributed by atoms with Crippen molar-refractivity contribution in [2.75, 3.05) is 11.9 Å². The molecule has 0 aliphatic heterocycles. The van der Waals surface area contributed by atoms with Gasteiger partial charge in [-0.05, 0) is 18.6 Å². The Morgan fingerprint density at radius 3 is 2.85 bits per heavy atom. The molecule has 1 aromatic carbocycles. The quantitative estimate of drug-likeness (QED) is 0.794. The molecule has 1 heterocycles. The minimum atomic E-state index is 0.362. The standard InChI is InChI=1S/C14H15BrClN3O/c1-2-20-9-14-18-12(16)7-13(19-14)17-8-10-5-3-4-6-11(10)15/h3-7H,2,8-9H2,1H3,(H,17,18,19). The van der Waals surface area contributed by atoms with Crippen molar-refractivity contribution in [1.29, 1.82) is 0 Å². The summed E-state index contributed by atoms with van der Waals surface area (Å²) in [6, 6.07) is 9.73. The zero-order valence-corrected chi connectivity index (χ0v) is 13.4. The van der Waals surface area contributed by atoms with Gasteiger partial charge in [0.1, 0.15) is 17.6 Å². The molecule has 20 heavy (non-hydrogen) atoms. The van der Waals surface area contributed by atoms with Gasteiger partial charge in [-0.25, -0.2) is 9.97 Å². The smallest absolute Gasteiger partial charge is 0.158 e. The Bertz CT molecular complexity index is 580. The maximum atomic E-state index is 5.99. The number of aromatic nitrogens is 2. The highest BCUT2D eigenvalue weighted by atomic mass is 79.9. The Morgan fingerprint density at radius 1 is 1.30 bits per heavy atom. The van der Waals surface area contributed by atoms with Crippen LogP contribution >= 0.6 is 27.5 Å². The molecule has 0 saturated carbocycles. The van der Waals surface area contributed by atoms with E-state index in [1.807, 2.05) is 31.2 Å². The normalized spacial score (nSPS) is 10.6. The van der Waals surface area contributed by atoms with Gasteiger partial charge in [-0.2, -0.15) is 0 Å². The molecule has 0 unspecified atom stereocenters. The summed E-state index contributed by atoms with van der Waals surface area (Å²) in [5, 5.41) is 3.65. The lowest BCUT2D eigenvalue weighted by molar-refractivity contribution is 0.128. The Hall–Kier alpha value is -1.17. The van der Waals surface area contributed by atoms with Crippen LogP contribution in [-0.2, 0) is 17.9 Å². The second-order valence-electron chi connectivity index (χ2n) is 4.07. The molecule has 0 saturated heterocycles. The molecule has 6 heteroatoms. The van der Waals surface area contributed by atoms with Crippen LogP contribution in [0.1, 0.15) is 18.3 Å². The molecule has 1 N–H and O–H groups in total. The van der Waals surface area contributed by atoms with Crippen LogP contribution in [0.25, 0.3) is 0 Å². The Balaban J connectivity index is 2.05. The van der Waals surface area contributed by atoms with Gasteiger partial charge in [-0.3, -0.25) is 0 Å². The predicted molar refractivity (Wildman–Crippen MR) is 83.8 cm³/mol. The Kier molecular flexibility index (Phi) is 5.76. The highest BCUT2D eigenvalue weighted by Gasteiger charge is 2.04. The average Bonchev–Trinajstić information content (AvgIpc) is 2.44. The Morgan fingerprint density at radius 2 is 2.10 bits per heavy atom. The van der Waals surface area contributed by atoms with Crippen molar-refractivity contribution in [3.05, 3.63) is 51.3 Å². The van der Waals surface area contributed by atoms with Crippen molar-refractivity contribution in [3.8, 4) is 0 Å². The fourth-order valence-electron chi connectivity index (χ4n) is 1.64. The third-order valence-corrected chi connectivity index (χ3v) is 3.56. The van der Waals surface area contributed by atoms with E-state index in [4.69, 9.17) is 16.3 Å². The lowest BCUT2D eigenvalue weighted by atomic mass is 10.2. The van der Waals surface area contributed by atoms with Crippen LogP contribution in [0.2, 0.25) is 5.15 Å². The fourth-order valence-corrected chi connectivity index (χ4v) is 2.27. The van der Waals surface area contributed by atoms with Crippen molar-refractivity contribution in [2.45, 2.75) is 20.1 Å². The molecule has 0 atom stereocenters. The first-order chi connectivity index (χ1) is 9.69. The first-order valence-corrected chi connectivity index (χ1v) is 7.44. The van der Waals surface area contributed by atoms with Crippen molar-refractivity contribution in [2.24, 2.45) is 0 Å². The summed E-state index contributed by atoms with van der Waals surface area (Å²) in [5.41, 5.74) is 1.15. The van der Waals surface area contributed by atoms with Gasteiger partial charge in [0.25, 0.3) is 0 Å². The number of benzene rings is 1. The number of hydrogen-bond donors (Lipinski definition) is 1. The number of anilines is 1. The number of hydrogen-bond acceptors (Lipinski definition) is 4. The molecule has 4 nitrogen and oxygen atoms in total. The van der Waals surface area contributed by atoms with Crippen molar-refractivity contribution in [1.82, 2.24) is 9.97 Å². The van der Waals surface area contributed by atoms with Crippen LogP contribution in [0.4, 0.5) is 5.82 Å². The third kappa shape index (κ3) is 4.44. The third-order valence-electron chi connectivity index (χ3n) is 2.59. The minimum Gasteiger partial charge on any atom is -0.374 e. The average molecular weight is 357 g/mol. The molecule has 0 aliphatic rings. The van der Waals surface area contributed by atoms with Crippen molar-refractivity contribution >= 4 is 33.3 Å². The number of nitrogens with zero attached hydrogens (tertiary/aromatic N) is 2. The minimum absolute atomic E-state index is 0.362. The number of halogens is 2. The fraction of sp³-hybridized carbons (Fsp3) is 0.286. The van der Waals surface area contributed by atoms with Crippen LogP contribution in [-0.4, -0.2) is 16.6 Å². The number of nitrogens with one attached hydrogen (secondary N) is 1. The summed E-state index contributed by atoms with van der Waals surface area (Å²) in [5.74, 6) is 1.27. The van der Waals surface area contributed by atoms with Crippen LogP contribution < -0.4 is 5.32 Å². The lowest BCUT2D eigenvalue weighted by Crippen LogP contribution is -2.06. The van der Waals surface area contributed by atoms with E-state index in [2.05, 4.69) is 31.2 Å². The van der Waals surface area contributed by atoms with Gasteiger partial charge in [-0.1, -0.05) is 45.7 Å². The van der Waals surface area contributed by atoms with Crippen LogP contribution in [0, 0.1) is 0 Å². The van der Waals surface area contributed by atoms with Crippen LogP contribution in [0.3, 0.4) is 0 Å². The maximum Gasteiger partial charge on any atom is 0.158 e. The SMILES string of the molecule is CCOCc1nc(Cl)cc(NCc2ccccc2Br)n1. The molecule has 106 valence electrons. The predicted octanol–water partition coefficient (Wildman–Crippen LogP) is 4.04. The summed E-state index contributed by atoms with van der Waals surface area (Å²) in [6.07, 6.45) is 0. The van der Waals surface area contributed by atoms with Gasteiger partial charge in [0.2, 0.25) is 0 Å². The molecular weight excluding hydrogens is 342 g/mol. The highest BCUT2D eigenvalue weighted by Crippen LogP contribution is 2.18. The molecule has 0 amide bonds. The summed E-state index contributed by atoms with van der Waals surface area (Å²) in [4.78, 5) is 8.49. The van der Waals surface area contributed by atoms with E-state index in [9.17, 15) is 0 Å². The molecule has 0 radical (unpaired) electrons. The second kappa shape index (κ2) is 7.57. The molecule has 2 aromatic rings. The lowest BCUT2D eigenvalue weighted by Gasteiger charge is -2.09. The van der Waals surface area contributed by atoms with Crippen LogP contribution in [0.5, 0.6) is 0 Å². The second-order valence-corrected chi connectivity index (χ2v) is 5.32. The number of ether oxygens (including phenoxy) is 1. The van der Waals surface area contributed by atoms with E-state index in [1.54, 1.807) is 6.07 Å². The van der Waals surface area contributed by atoms with E-state index in [0.717, 1.165) is 10.0 Å². The highest BCUT2D eigenvalue weighted by molar-refractivity contribution is 9.10. The summed E-state index contributed by atoms with van der Waals surface area (Å²) >= 11 is 9.50. The summed E-state index contributed by atoms with van der Waals surface area (Å²) < 4.78 is 6.35. The number of rotatable bonds is 6. The van der Waals surface area contributed by atoms with Crippen molar-refractivity contribution < 1.29 is 4.74 Å². The van der Waals surface area contributed by atoms with Crippen LogP contribution in [0.15, 0.2) is 34.8 Å². The van der Waals surface area contributed by atoms with Gasteiger partial charge in [0, 0.05) is 23.7 Å². The molecule has 1 aromatic heterocycles. The summed E-state index contributed by atoms with van der Waals surface area (Å²) in [6.45, 7) is 3.57. The first-order valence-electron chi connectivity index (χ1n) is 6.27.